The van der Waals surface area contributed by atoms with Crippen LogP contribution in [0.15, 0.2) is 121 Å². The van der Waals surface area contributed by atoms with Crippen LogP contribution < -0.4 is 47.3 Å². The molecule has 0 aliphatic rings. The Hall–Kier alpha value is -5.34. The Bertz CT molecular complexity index is 1390. The number of benzene rings is 5. The van der Waals surface area contributed by atoms with Crippen molar-refractivity contribution < 1.29 is 18.6 Å². The quantitative estimate of drug-likeness (QED) is 0.104. The number of nitrogen functional groups attached to an aromatic ring is 5. The molecule has 41 heavy (non-hydrogen) atoms. The summed E-state index contributed by atoms with van der Waals surface area (Å²) in [7, 11) is 0. The van der Waals surface area contributed by atoms with Crippen LogP contribution in [0.2, 0.25) is 0 Å². The minimum absolute atomic E-state index is 0.145. The van der Waals surface area contributed by atoms with Crippen LogP contribution in [0.4, 0.5) is 28.4 Å². The molecular weight excluding hydrogens is 585 g/mol. The predicted octanol–water partition coefficient (Wildman–Crippen LogP) is 5.18. The van der Waals surface area contributed by atoms with E-state index in [9.17, 15) is 0 Å². The van der Waals surface area contributed by atoms with Crippen LogP contribution in [-0.4, -0.2) is 14.2 Å². The van der Waals surface area contributed by atoms with Gasteiger partial charge < -0.3 is 0 Å². The van der Waals surface area contributed by atoms with Crippen molar-refractivity contribution >= 4 is 42.6 Å². The molecule has 5 aromatic rings. The Morgan fingerprint density at radius 1 is 0.293 bits per heavy atom. The molecule has 0 spiro atoms. The summed E-state index contributed by atoms with van der Waals surface area (Å²) >= 11 is -6.45. The molecule has 0 amide bonds. The fourth-order valence-corrected chi connectivity index (χ4v) is 9.70. The standard InChI is InChI=1S/C30H30AsN5O5/c32-21-11-1-6-16-26(21)37-31(38-27-17-7-2-12-22(27)33,39-28-18-8-3-13-23(28)34,40-29-19-9-4-14-24(29)35)41-30-20-10-5-15-25(30)36/h1-20H,32-36H2. The number of hydrogen-bond donors (Lipinski definition) is 5. The summed E-state index contributed by atoms with van der Waals surface area (Å²) in [6.07, 6.45) is 0. The molecule has 0 unspecified atom stereocenters. The number of para-hydroxylation sites is 10. The summed E-state index contributed by atoms with van der Waals surface area (Å²) < 4.78 is 33.5. The molecule has 10 nitrogen and oxygen atoms in total. The van der Waals surface area contributed by atoms with Crippen molar-refractivity contribution in [1.29, 1.82) is 0 Å². The Labute approximate surface area is 239 Å². The molecule has 0 fully saturated rings. The summed E-state index contributed by atoms with van der Waals surface area (Å²) in [5.74, 6) is 0.725. The van der Waals surface area contributed by atoms with Gasteiger partial charge in [-0.2, -0.15) is 0 Å². The molecule has 0 saturated carbocycles. The van der Waals surface area contributed by atoms with Gasteiger partial charge in [0.05, 0.1) is 0 Å². The zero-order valence-corrected chi connectivity index (χ0v) is 23.8. The zero-order chi connectivity index (χ0) is 28.9. The molecule has 0 atom stereocenters. The van der Waals surface area contributed by atoms with Crippen molar-refractivity contribution in [2.24, 2.45) is 0 Å². The van der Waals surface area contributed by atoms with Crippen LogP contribution in [0.25, 0.3) is 0 Å². The van der Waals surface area contributed by atoms with Crippen molar-refractivity contribution in [2.45, 2.75) is 0 Å². The van der Waals surface area contributed by atoms with Crippen LogP contribution in [0, 0.1) is 0 Å². The Balaban J connectivity index is 1.87. The molecule has 0 heterocycles. The molecule has 5 rings (SSSR count). The third-order valence-electron chi connectivity index (χ3n) is 5.83. The van der Waals surface area contributed by atoms with E-state index in [1.54, 1.807) is 121 Å². The van der Waals surface area contributed by atoms with Crippen LogP contribution in [0.1, 0.15) is 0 Å². The maximum absolute atomic E-state index is 6.70. The minimum atomic E-state index is -6.45. The van der Waals surface area contributed by atoms with E-state index < -0.39 is 14.2 Å². The summed E-state index contributed by atoms with van der Waals surface area (Å²) in [5, 5.41) is 0. The van der Waals surface area contributed by atoms with Crippen molar-refractivity contribution in [3.8, 4) is 28.7 Å². The van der Waals surface area contributed by atoms with E-state index in [-0.39, 0.29) is 57.2 Å². The van der Waals surface area contributed by atoms with Crippen molar-refractivity contribution in [3.05, 3.63) is 121 Å². The third-order valence-corrected chi connectivity index (χ3v) is 11.0. The second kappa shape index (κ2) is 11.0. The average Bonchev–Trinajstić information content (AvgIpc) is 2.96. The number of rotatable bonds is 10. The van der Waals surface area contributed by atoms with E-state index in [1.807, 2.05) is 0 Å². The Morgan fingerprint density at radius 2 is 0.463 bits per heavy atom. The van der Waals surface area contributed by atoms with Gasteiger partial charge in [-0.15, -0.1) is 0 Å². The molecule has 210 valence electrons. The fourth-order valence-electron chi connectivity index (χ4n) is 3.81. The molecule has 0 aliphatic carbocycles. The Morgan fingerprint density at radius 3 is 0.634 bits per heavy atom. The van der Waals surface area contributed by atoms with E-state index in [0.717, 1.165) is 0 Å². The second-order valence-electron chi connectivity index (χ2n) is 8.89. The van der Waals surface area contributed by atoms with Crippen LogP contribution in [-0.2, 0) is 0 Å². The molecule has 10 N–H and O–H groups in total. The van der Waals surface area contributed by atoms with Gasteiger partial charge in [0.15, 0.2) is 0 Å². The first-order valence-electron chi connectivity index (χ1n) is 12.5. The third kappa shape index (κ3) is 5.83. The fraction of sp³-hybridized carbons (Fsp3) is 0. The maximum atomic E-state index is 6.70. The van der Waals surface area contributed by atoms with Gasteiger partial charge in [-0.3, -0.25) is 0 Å². The van der Waals surface area contributed by atoms with E-state index in [1.165, 1.54) is 0 Å². The first-order valence-corrected chi connectivity index (χ1v) is 16.3. The van der Waals surface area contributed by atoms with Crippen LogP contribution in [0.3, 0.4) is 0 Å². The first kappa shape index (κ1) is 27.2. The second-order valence-corrected chi connectivity index (χ2v) is 13.9. The van der Waals surface area contributed by atoms with Crippen LogP contribution in [0.5, 0.6) is 28.7 Å². The summed E-state index contributed by atoms with van der Waals surface area (Å²) in [5.41, 5.74) is 33.1. The van der Waals surface area contributed by atoms with Crippen LogP contribution >= 0.6 is 0 Å². The molecule has 0 radical (unpaired) electrons. The van der Waals surface area contributed by atoms with E-state index in [0.29, 0.717) is 0 Å². The monoisotopic (exact) mass is 615 g/mol. The van der Waals surface area contributed by atoms with Crippen molar-refractivity contribution in [3.63, 3.8) is 0 Å². The molecular formula is C30H30AsN5O5. The first-order chi connectivity index (χ1) is 19.8. The molecule has 11 heteroatoms. The summed E-state index contributed by atoms with van der Waals surface area (Å²) in [4.78, 5) is 0. The topological polar surface area (TPSA) is 176 Å². The normalized spacial score (nSPS) is 12.0. The van der Waals surface area contributed by atoms with Gasteiger partial charge >= 0.3 is 240 Å². The van der Waals surface area contributed by atoms with Crippen molar-refractivity contribution in [1.82, 2.24) is 0 Å². The van der Waals surface area contributed by atoms with Gasteiger partial charge in [-0.25, -0.2) is 0 Å². The van der Waals surface area contributed by atoms with E-state index >= 15 is 0 Å². The molecule has 0 bridgehead atoms. The van der Waals surface area contributed by atoms with Gasteiger partial charge in [-0.1, -0.05) is 0 Å². The predicted molar refractivity (Wildman–Crippen MR) is 163 cm³/mol. The molecule has 5 aromatic carbocycles. The zero-order valence-electron chi connectivity index (χ0n) is 21.9. The van der Waals surface area contributed by atoms with E-state index in [4.69, 9.17) is 47.3 Å². The SMILES string of the molecule is Nc1ccccc1O[As](Oc1ccccc1N)(Oc1ccccc1N)(Oc1ccccc1N)Oc1ccccc1N. The number of anilines is 5. The van der Waals surface area contributed by atoms with Gasteiger partial charge in [0, 0.05) is 0 Å². The number of hydrogen-bond acceptors (Lipinski definition) is 10. The summed E-state index contributed by atoms with van der Waals surface area (Å²) in [6.45, 7) is 0. The molecule has 0 aromatic heterocycles. The van der Waals surface area contributed by atoms with Gasteiger partial charge in [0.2, 0.25) is 0 Å². The van der Waals surface area contributed by atoms with Crippen molar-refractivity contribution in [2.75, 3.05) is 28.7 Å². The number of nitrogens with two attached hydrogens (primary N) is 5. The Kier molecular flexibility index (Phi) is 7.33. The van der Waals surface area contributed by atoms with Gasteiger partial charge in [-0.05, 0) is 0 Å². The van der Waals surface area contributed by atoms with Gasteiger partial charge in [0.25, 0.3) is 0 Å². The van der Waals surface area contributed by atoms with Gasteiger partial charge in [0.1, 0.15) is 0 Å². The molecule has 0 aliphatic heterocycles. The average molecular weight is 616 g/mol. The molecule has 0 saturated heterocycles. The van der Waals surface area contributed by atoms with E-state index in [2.05, 4.69) is 0 Å². The summed E-state index contributed by atoms with van der Waals surface area (Å²) in [6, 6.07) is 33.8.